The van der Waals surface area contributed by atoms with E-state index in [1.54, 1.807) is 6.20 Å². The molecule has 0 atom stereocenters. The van der Waals surface area contributed by atoms with Gasteiger partial charge in [0.15, 0.2) is 0 Å². The SMILES string of the molecule is NC1=CNC=[N+]1. The second-order valence-corrected chi connectivity index (χ2v) is 0.994. The molecule has 3 heteroatoms. The fraction of sp³-hybridized carbons (Fsp3) is 0. The molecule has 1 aliphatic heterocycles. The Morgan fingerprint density at radius 1 is 1.83 bits per heavy atom. The molecule has 0 saturated carbocycles. The molecule has 1 rings (SSSR count). The highest BCUT2D eigenvalue weighted by molar-refractivity contribution is 5.58. The van der Waals surface area contributed by atoms with Crippen molar-refractivity contribution in [1.82, 2.24) is 10.3 Å². The number of nitrogens with two attached hydrogens (primary N) is 1. The summed E-state index contributed by atoms with van der Waals surface area (Å²) >= 11 is 0. The third kappa shape index (κ3) is 0.337. The van der Waals surface area contributed by atoms with E-state index in [9.17, 15) is 0 Å². The zero-order chi connectivity index (χ0) is 4.41. The van der Waals surface area contributed by atoms with Crippen molar-refractivity contribution < 1.29 is 0 Å². The smallest absolute Gasteiger partial charge is 0.285 e. The second kappa shape index (κ2) is 1.01. The first kappa shape index (κ1) is 3.21. The highest BCUT2D eigenvalue weighted by Gasteiger charge is 1.96. The zero-order valence-corrected chi connectivity index (χ0v) is 3.18. The molecule has 3 N–H and O–H groups in total. The van der Waals surface area contributed by atoms with Gasteiger partial charge in [0.25, 0.3) is 5.82 Å². The van der Waals surface area contributed by atoms with Crippen LogP contribution in [0.1, 0.15) is 0 Å². The molecule has 0 aliphatic carbocycles. The van der Waals surface area contributed by atoms with Crippen LogP contribution in [-0.2, 0) is 0 Å². The zero-order valence-electron chi connectivity index (χ0n) is 3.18. The summed E-state index contributed by atoms with van der Waals surface area (Å²) in [4.78, 5) is 3.64. The van der Waals surface area contributed by atoms with E-state index in [4.69, 9.17) is 5.73 Å². The Kier molecular flexibility index (Phi) is 0.538. The van der Waals surface area contributed by atoms with Gasteiger partial charge in [-0.15, -0.1) is 0 Å². The Balaban J connectivity index is 2.68. The van der Waals surface area contributed by atoms with E-state index >= 15 is 0 Å². The Hall–Kier alpha value is -0.990. The summed E-state index contributed by atoms with van der Waals surface area (Å²) < 4.78 is 0. The molecule has 0 unspecified atom stereocenters. The molecule has 0 fully saturated rings. The van der Waals surface area contributed by atoms with Gasteiger partial charge in [-0.2, -0.15) is 0 Å². The molecule has 0 aromatic rings. The first-order chi connectivity index (χ1) is 2.89. The molecule has 0 spiro atoms. The third-order valence-electron chi connectivity index (χ3n) is 0.519. The van der Waals surface area contributed by atoms with Crippen molar-refractivity contribution in [3.63, 3.8) is 0 Å². The minimum atomic E-state index is 0.537. The molecular weight excluding hydrogens is 78.1 g/mol. The molecule has 3 nitrogen and oxygen atoms in total. The number of hydrogen-bond acceptors (Lipinski definition) is 3. The average molecular weight is 83.1 g/mol. The van der Waals surface area contributed by atoms with Gasteiger partial charge in [0.2, 0.25) is 6.34 Å². The van der Waals surface area contributed by atoms with Crippen LogP contribution in [0.15, 0.2) is 12.0 Å². The predicted molar refractivity (Wildman–Crippen MR) is 23.6 cm³/mol. The monoisotopic (exact) mass is 83.0 g/mol. The minimum Gasteiger partial charge on any atom is -0.314 e. The quantitative estimate of drug-likeness (QED) is 0.383. The van der Waals surface area contributed by atoms with Gasteiger partial charge in [0, 0.05) is 0 Å². The molecule has 1 heterocycles. The minimum absolute atomic E-state index is 0.537. The summed E-state index contributed by atoms with van der Waals surface area (Å²) in [6.07, 6.45) is 3.16. The molecule has 1 aliphatic rings. The number of nitrogens with zero attached hydrogens (tertiary/aromatic N) is 1. The van der Waals surface area contributed by atoms with Crippen molar-refractivity contribution in [2.75, 3.05) is 0 Å². The van der Waals surface area contributed by atoms with E-state index in [-0.39, 0.29) is 0 Å². The predicted octanol–water partition coefficient (Wildman–Crippen LogP) is -1.29. The van der Waals surface area contributed by atoms with E-state index in [1.165, 1.54) is 6.34 Å². The fourth-order valence-electron chi connectivity index (χ4n) is 0.272. The van der Waals surface area contributed by atoms with E-state index in [1.807, 2.05) is 0 Å². The van der Waals surface area contributed by atoms with Crippen LogP contribution in [-0.4, -0.2) is 6.34 Å². The molecule has 0 bridgehead atoms. The van der Waals surface area contributed by atoms with Crippen LogP contribution in [0.5, 0.6) is 0 Å². The van der Waals surface area contributed by atoms with E-state index in [0.29, 0.717) is 5.82 Å². The molecule has 0 amide bonds. The summed E-state index contributed by atoms with van der Waals surface area (Å²) in [6.45, 7) is 0. The lowest BCUT2D eigenvalue weighted by molar-refractivity contribution is 1.17. The summed E-state index contributed by atoms with van der Waals surface area (Å²) in [5.41, 5.74) is 5.14. The van der Waals surface area contributed by atoms with E-state index in [2.05, 4.69) is 10.3 Å². The Morgan fingerprint density at radius 3 is 2.83 bits per heavy atom. The molecule has 0 aromatic heterocycles. The third-order valence-corrected chi connectivity index (χ3v) is 0.519. The van der Waals surface area contributed by atoms with Crippen molar-refractivity contribution in [3.8, 4) is 0 Å². The van der Waals surface area contributed by atoms with Crippen LogP contribution < -0.4 is 16.0 Å². The van der Waals surface area contributed by atoms with E-state index in [0.717, 1.165) is 0 Å². The van der Waals surface area contributed by atoms with Gasteiger partial charge in [-0.1, -0.05) is 4.99 Å². The van der Waals surface area contributed by atoms with Gasteiger partial charge in [-0.3, -0.25) is 5.32 Å². The molecular formula is C3H5N3+. The standard InChI is InChI=1S/C3H5N3/c4-3-1-5-2-6-3/h1-2,5H,4H2/q+1. The van der Waals surface area contributed by atoms with Crippen LogP contribution in [0, 0.1) is 0 Å². The topological polar surface area (TPSA) is 52.1 Å². The van der Waals surface area contributed by atoms with Crippen LogP contribution in [0.3, 0.4) is 0 Å². The lowest BCUT2D eigenvalue weighted by atomic mass is 10.8. The van der Waals surface area contributed by atoms with Crippen LogP contribution in [0.4, 0.5) is 0 Å². The summed E-state index contributed by atoms with van der Waals surface area (Å²) in [5.74, 6) is 0.537. The first-order valence-corrected chi connectivity index (χ1v) is 1.64. The molecule has 0 aromatic carbocycles. The Labute approximate surface area is 35.6 Å². The van der Waals surface area contributed by atoms with Crippen molar-refractivity contribution in [2.45, 2.75) is 0 Å². The number of aliphatic imine (C=N–C) groups is 1. The van der Waals surface area contributed by atoms with Crippen molar-refractivity contribution >= 4 is 6.34 Å². The van der Waals surface area contributed by atoms with Gasteiger partial charge in [-0.05, 0) is 0 Å². The normalized spacial score (nSPS) is 17.0. The summed E-state index contributed by atoms with van der Waals surface area (Å²) in [6, 6.07) is 0. The summed E-state index contributed by atoms with van der Waals surface area (Å²) in [5, 5.41) is 2.69. The lowest BCUT2D eigenvalue weighted by Gasteiger charge is -1.62. The van der Waals surface area contributed by atoms with Crippen molar-refractivity contribution in [2.24, 2.45) is 5.73 Å². The maximum Gasteiger partial charge on any atom is 0.285 e. The van der Waals surface area contributed by atoms with Crippen molar-refractivity contribution in [1.29, 1.82) is 0 Å². The van der Waals surface area contributed by atoms with E-state index < -0.39 is 0 Å². The number of rotatable bonds is 0. The number of hydrogen-bond donors (Lipinski definition) is 2. The fourth-order valence-corrected chi connectivity index (χ4v) is 0.272. The van der Waals surface area contributed by atoms with Gasteiger partial charge in [0.05, 0.1) is 0 Å². The van der Waals surface area contributed by atoms with Crippen LogP contribution in [0.25, 0.3) is 0 Å². The molecule has 31 valence electrons. The highest BCUT2D eigenvalue weighted by Crippen LogP contribution is 1.71. The Morgan fingerprint density at radius 2 is 2.67 bits per heavy atom. The maximum atomic E-state index is 5.14. The molecule has 6 heavy (non-hydrogen) atoms. The molecule has 1 radical (unpaired) electrons. The first-order valence-electron chi connectivity index (χ1n) is 1.64. The molecule has 0 saturated heterocycles. The van der Waals surface area contributed by atoms with Gasteiger partial charge >= 0.3 is 0 Å². The van der Waals surface area contributed by atoms with Crippen molar-refractivity contribution in [3.05, 3.63) is 12.0 Å². The summed E-state index contributed by atoms with van der Waals surface area (Å²) in [7, 11) is 0. The second-order valence-electron chi connectivity index (χ2n) is 0.994. The van der Waals surface area contributed by atoms with Crippen LogP contribution >= 0.6 is 0 Å². The number of nitrogens with one attached hydrogen (secondary N) is 1. The Bertz CT molecular complexity index is 99.9. The largest absolute Gasteiger partial charge is 0.314 e. The average Bonchev–Trinajstić information content (AvgIpc) is 1.86. The maximum absolute atomic E-state index is 5.14. The van der Waals surface area contributed by atoms with Gasteiger partial charge < -0.3 is 5.73 Å². The lowest BCUT2D eigenvalue weighted by Crippen LogP contribution is -1.97. The van der Waals surface area contributed by atoms with Gasteiger partial charge in [0.1, 0.15) is 6.20 Å². The van der Waals surface area contributed by atoms with Crippen LogP contribution in [0.2, 0.25) is 0 Å². The highest BCUT2D eigenvalue weighted by atomic mass is 15.1. The van der Waals surface area contributed by atoms with Gasteiger partial charge in [-0.25, -0.2) is 0 Å².